The van der Waals surface area contributed by atoms with Crippen LogP contribution in [0.4, 0.5) is 0 Å². The van der Waals surface area contributed by atoms with E-state index in [0.29, 0.717) is 35.1 Å². The number of aromatic nitrogens is 4. The summed E-state index contributed by atoms with van der Waals surface area (Å²) in [6.45, 7) is 2.03. The molecule has 0 atom stereocenters. The minimum Gasteiger partial charge on any atom is -0.497 e. The van der Waals surface area contributed by atoms with Crippen LogP contribution in [0.2, 0.25) is 0 Å². The fourth-order valence-electron chi connectivity index (χ4n) is 2.53. The van der Waals surface area contributed by atoms with E-state index in [4.69, 9.17) is 13.6 Å². The van der Waals surface area contributed by atoms with Gasteiger partial charge in [0.1, 0.15) is 5.75 Å². The van der Waals surface area contributed by atoms with E-state index in [1.807, 2.05) is 55.5 Å². The molecule has 0 spiro atoms. The summed E-state index contributed by atoms with van der Waals surface area (Å²) in [6.07, 6.45) is 0.565. The van der Waals surface area contributed by atoms with Crippen molar-refractivity contribution in [3.8, 4) is 17.2 Å². The molecule has 2 heterocycles. The van der Waals surface area contributed by atoms with Gasteiger partial charge in [-0.1, -0.05) is 41.6 Å². The third-order valence-electron chi connectivity index (χ3n) is 4.05. The molecule has 28 heavy (non-hydrogen) atoms. The van der Waals surface area contributed by atoms with Crippen molar-refractivity contribution in [2.24, 2.45) is 0 Å². The molecule has 2 aromatic heterocycles. The first-order valence-corrected chi connectivity index (χ1v) is 9.66. The van der Waals surface area contributed by atoms with Crippen LogP contribution in [-0.4, -0.2) is 27.5 Å². The first kappa shape index (κ1) is 18.2. The Hall–Kier alpha value is -3.13. The van der Waals surface area contributed by atoms with Gasteiger partial charge >= 0.3 is 0 Å². The highest BCUT2D eigenvalue weighted by Gasteiger charge is 2.12. The minimum atomic E-state index is 0.461. The van der Waals surface area contributed by atoms with E-state index in [9.17, 15) is 0 Å². The lowest BCUT2D eigenvalue weighted by molar-refractivity contribution is 0.413. The topological polar surface area (TPSA) is 87.1 Å². The largest absolute Gasteiger partial charge is 0.497 e. The standard InChI is InChI=1S/C20H18N4O3S/c1-13-3-7-15(8-4-13)19-23-22-18(26-19)12-28-20-24-21-17(27-20)11-14-5-9-16(25-2)10-6-14/h3-10H,11-12H2,1-2H3. The molecule has 0 aliphatic carbocycles. The molecule has 0 radical (unpaired) electrons. The normalized spacial score (nSPS) is 10.9. The van der Waals surface area contributed by atoms with E-state index in [1.165, 1.54) is 17.3 Å². The lowest BCUT2D eigenvalue weighted by Crippen LogP contribution is -1.89. The number of thioether (sulfide) groups is 1. The van der Waals surface area contributed by atoms with Crippen molar-refractivity contribution in [1.29, 1.82) is 0 Å². The summed E-state index contributed by atoms with van der Waals surface area (Å²) in [4.78, 5) is 0. The monoisotopic (exact) mass is 394 g/mol. The van der Waals surface area contributed by atoms with Crippen molar-refractivity contribution in [3.05, 3.63) is 71.4 Å². The highest BCUT2D eigenvalue weighted by Crippen LogP contribution is 2.24. The fraction of sp³-hybridized carbons (Fsp3) is 0.200. The van der Waals surface area contributed by atoms with Crippen molar-refractivity contribution < 1.29 is 13.6 Å². The Kier molecular flexibility index (Phi) is 5.38. The zero-order valence-electron chi connectivity index (χ0n) is 15.5. The molecule has 8 heteroatoms. The van der Waals surface area contributed by atoms with Gasteiger partial charge in [0.05, 0.1) is 19.3 Å². The molecular weight excluding hydrogens is 376 g/mol. The van der Waals surface area contributed by atoms with Gasteiger partial charge in [0, 0.05) is 5.56 Å². The van der Waals surface area contributed by atoms with Crippen molar-refractivity contribution in [1.82, 2.24) is 20.4 Å². The number of methoxy groups -OCH3 is 1. The molecule has 0 bridgehead atoms. The van der Waals surface area contributed by atoms with Crippen LogP contribution in [0.5, 0.6) is 5.75 Å². The van der Waals surface area contributed by atoms with Crippen molar-refractivity contribution >= 4 is 11.8 Å². The summed E-state index contributed by atoms with van der Waals surface area (Å²) >= 11 is 1.37. The molecular formula is C20H18N4O3S. The van der Waals surface area contributed by atoms with Gasteiger partial charge in [-0.3, -0.25) is 0 Å². The summed E-state index contributed by atoms with van der Waals surface area (Å²) in [5.41, 5.74) is 3.15. The van der Waals surface area contributed by atoms with Crippen LogP contribution in [0.25, 0.3) is 11.5 Å². The van der Waals surface area contributed by atoms with Crippen molar-refractivity contribution in [2.75, 3.05) is 7.11 Å². The number of hydrogen-bond donors (Lipinski definition) is 0. The lowest BCUT2D eigenvalue weighted by Gasteiger charge is -2.00. The Labute approximate surface area is 166 Å². The van der Waals surface area contributed by atoms with Gasteiger partial charge in [0.25, 0.3) is 5.22 Å². The van der Waals surface area contributed by atoms with Crippen LogP contribution in [0.15, 0.2) is 62.6 Å². The summed E-state index contributed by atoms with van der Waals surface area (Å²) in [5.74, 6) is 2.84. The maximum atomic E-state index is 5.71. The van der Waals surface area contributed by atoms with Crippen LogP contribution in [-0.2, 0) is 12.2 Å². The average molecular weight is 394 g/mol. The van der Waals surface area contributed by atoms with Crippen molar-refractivity contribution in [3.63, 3.8) is 0 Å². The van der Waals surface area contributed by atoms with E-state index in [0.717, 1.165) is 16.9 Å². The third kappa shape index (κ3) is 4.40. The van der Waals surface area contributed by atoms with Gasteiger partial charge in [-0.15, -0.1) is 20.4 Å². The maximum absolute atomic E-state index is 5.71. The second-order valence-electron chi connectivity index (χ2n) is 6.14. The Morgan fingerprint density at radius 2 is 1.61 bits per heavy atom. The molecule has 0 saturated carbocycles. The Bertz CT molecular complexity index is 1040. The van der Waals surface area contributed by atoms with E-state index in [2.05, 4.69) is 20.4 Å². The smallest absolute Gasteiger partial charge is 0.277 e. The molecule has 4 aromatic rings. The molecule has 0 aliphatic heterocycles. The average Bonchev–Trinajstić information content (AvgIpc) is 3.37. The molecule has 0 saturated heterocycles. The number of rotatable bonds is 7. The van der Waals surface area contributed by atoms with Crippen LogP contribution >= 0.6 is 11.8 Å². The number of nitrogens with zero attached hydrogens (tertiary/aromatic N) is 4. The Balaban J connectivity index is 1.35. The number of hydrogen-bond acceptors (Lipinski definition) is 8. The van der Waals surface area contributed by atoms with Gasteiger partial charge in [-0.2, -0.15) is 0 Å². The first-order chi connectivity index (χ1) is 13.7. The number of aryl methyl sites for hydroxylation is 1. The highest BCUT2D eigenvalue weighted by atomic mass is 32.2. The van der Waals surface area contributed by atoms with Crippen LogP contribution in [0, 0.1) is 6.92 Å². The second-order valence-corrected chi connectivity index (χ2v) is 7.07. The van der Waals surface area contributed by atoms with E-state index in [1.54, 1.807) is 7.11 Å². The Morgan fingerprint density at radius 3 is 2.36 bits per heavy atom. The Morgan fingerprint density at radius 1 is 0.857 bits per heavy atom. The lowest BCUT2D eigenvalue weighted by atomic mass is 10.1. The predicted molar refractivity (Wildman–Crippen MR) is 104 cm³/mol. The van der Waals surface area contributed by atoms with Crippen molar-refractivity contribution in [2.45, 2.75) is 24.3 Å². The SMILES string of the molecule is COc1ccc(Cc2nnc(SCc3nnc(-c4ccc(C)cc4)o3)o2)cc1. The molecule has 0 aliphatic rings. The summed E-state index contributed by atoms with van der Waals surface area (Å²) < 4.78 is 16.6. The minimum absolute atomic E-state index is 0.461. The first-order valence-electron chi connectivity index (χ1n) is 8.67. The molecule has 142 valence electrons. The van der Waals surface area contributed by atoms with Gasteiger partial charge in [-0.25, -0.2) is 0 Å². The summed E-state index contributed by atoms with van der Waals surface area (Å²) in [7, 11) is 1.64. The molecule has 0 N–H and O–H groups in total. The van der Waals surface area contributed by atoms with Gasteiger partial charge in [0.15, 0.2) is 0 Å². The van der Waals surface area contributed by atoms with E-state index >= 15 is 0 Å². The van der Waals surface area contributed by atoms with Crippen LogP contribution < -0.4 is 4.74 Å². The maximum Gasteiger partial charge on any atom is 0.277 e. The quantitative estimate of drug-likeness (QED) is 0.428. The molecule has 4 rings (SSSR count). The van der Waals surface area contributed by atoms with Gasteiger partial charge < -0.3 is 13.6 Å². The second kappa shape index (κ2) is 8.26. The van der Waals surface area contributed by atoms with Gasteiger partial charge in [-0.05, 0) is 36.8 Å². The predicted octanol–water partition coefficient (Wildman–Crippen LogP) is 4.32. The number of benzene rings is 2. The van der Waals surface area contributed by atoms with E-state index < -0.39 is 0 Å². The third-order valence-corrected chi connectivity index (χ3v) is 4.85. The highest BCUT2D eigenvalue weighted by molar-refractivity contribution is 7.98. The summed E-state index contributed by atoms with van der Waals surface area (Å²) in [5, 5.41) is 16.8. The molecule has 0 fully saturated rings. The van der Waals surface area contributed by atoms with Crippen LogP contribution in [0.3, 0.4) is 0 Å². The van der Waals surface area contributed by atoms with Crippen LogP contribution in [0.1, 0.15) is 22.9 Å². The fourth-order valence-corrected chi connectivity index (χ4v) is 3.15. The number of ether oxygens (including phenoxy) is 1. The summed E-state index contributed by atoms with van der Waals surface area (Å²) in [6, 6.07) is 15.7. The molecule has 2 aromatic carbocycles. The molecule has 7 nitrogen and oxygen atoms in total. The zero-order valence-corrected chi connectivity index (χ0v) is 16.3. The molecule has 0 unspecified atom stereocenters. The zero-order chi connectivity index (χ0) is 19.3. The molecule has 0 amide bonds. The van der Waals surface area contributed by atoms with Gasteiger partial charge in [0.2, 0.25) is 17.7 Å². The van der Waals surface area contributed by atoms with E-state index in [-0.39, 0.29) is 0 Å².